The fourth-order valence-electron chi connectivity index (χ4n) is 4.90. The molecule has 1 spiro atoms. The average Bonchev–Trinajstić information content (AvgIpc) is 2.87. The first-order valence-corrected chi connectivity index (χ1v) is 12.2. The third-order valence-electron chi connectivity index (χ3n) is 7.00. The van der Waals surface area contributed by atoms with Crippen molar-refractivity contribution < 1.29 is 19.1 Å². The lowest BCUT2D eigenvalue weighted by molar-refractivity contribution is -0.134. The first kappa shape index (κ1) is 24.1. The van der Waals surface area contributed by atoms with Crippen LogP contribution in [0.4, 0.5) is 0 Å². The van der Waals surface area contributed by atoms with E-state index in [0.717, 1.165) is 57.5 Å². The molecule has 2 heterocycles. The minimum Gasteiger partial charge on any atom is -0.497 e. The number of hydrogen-bond donors (Lipinski definition) is 2. The summed E-state index contributed by atoms with van der Waals surface area (Å²) in [5.41, 5.74) is 1.43. The molecule has 182 valence electrons. The molecular formula is C27H35N3O4. The van der Waals surface area contributed by atoms with Crippen molar-refractivity contribution in [3.63, 3.8) is 0 Å². The number of hydrogen-bond acceptors (Lipinski definition) is 5. The van der Waals surface area contributed by atoms with Crippen LogP contribution in [0.2, 0.25) is 0 Å². The quantitative estimate of drug-likeness (QED) is 0.727. The molecule has 2 aromatic rings. The summed E-state index contributed by atoms with van der Waals surface area (Å²) in [6, 6.07) is 15.4. The van der Waals surface area contributed by atoms with E-state index in [1.807, 2.05) is 24.3 Å². The van der Waals surface area contributed by atoms with E-state index in [2.05, 4.69) is 27.7 Å². The van der Waals surface area contributed by atoms with Crippen LogP contribution in [-0.4, -0.2) is 56.6 Å². The molecule has 4 rings (SSSR count). The maximum absolute atomic E-state index is 13.3. The van der Waals surface area contributed by atoms with Crippen molar-refractivity contribution in [2.75, 3.05) is 39.9 Å². The average molecular weight is 466 g/mol. The summed E-state index contributed by atoms with van der Waals surface area (Å²) in [7, 11) is 1.68. The number of carbonyl (C=O) groups excluding carboxylic acids is 2. The van der Waals surface area contributed by atoms with Crippen LogP contribution in [0.1, 0.15) is 48.0 Å². The largest absolute Gasteiger partial charge is 0.497 e. The van der Waals surface area contributed by atoms with Gasteiger partial charge in [0.2, 0.25) is 5.91 Å². The molecule has 0 radical (unpaired) electrons. The molecule has 2 aromatic carbocycles. The van der Waals surface area contributed by atoms with E-state index >= 15 is 0 Å². The molecule has 2 amide bonds. The topological polar surface area (TPSA) is 79.9 Å². The number of benzene rings is 2. The normalized spacial score (nSPS) is 19.8. The second-order valence-corrected chi connectivity index (χ2v) is 9.22. The van der Waals surface area contributed by atoms with E-state index < -0.39 is 0 Å². The summed E-state index contributed by atoms with van der Waals surface area (Å²) in [6.07, 6.45) is 4.27. The zero-order valence-corrected chi connectivity index (χ0v) is 20.0. The van der Waals surface area contributed by atoms with Crippen LogP contribution in [-0.2, 0) is 11.3 Å². The zero-order chi connectivity index (χ0) is 23.8. The Morgan fingerprint density at radius 2 is 1.71 bits per heavy atom. The summed E-state index contributed by atoms with van der Waals surface area (Å²) in [5.74, 6) is 1.43. The summed E-state index contributed by atoms with van der Waals surface area (Å²) in [6.45, 7) is 4.00. The number of piperidine rings is 1. The van der Waals surface area contributed by atoms with Gasteiger partial charge in [0, 0.05) is 13.1 Å². The highest BCUT2D eigenvalue weighted by molar-refractivity contribution is 5.96. The number of nitrogens with zero attached hydrogens (tertiary/aromatic N) is 1. The maximum atomic E-state index is 13.3. The number of nitrogens with one attached hydrogen (secondary N) is 2. The number of para-hydroxylation sites is 1. The van der Waals surface area contributed by atoms with Crippen molar-refractivity contribution in [1.29, 1.82) is 0 Å². The number of rotatable bonds is 3. The lowest BCUT2D eigenvalue weighted by Crippen LogP contribution is -2.49. The lowest BCUT2D eigenvalue weighted by Gasteiger charge is -2.41. The molecule has 0 unspecified atom stereocenters. The summed E-state index contributed by atoms with van der Waals surface area (Å²) in [4.78, 5) is 28.3. The van der Waals surface area contributed by atoms with Crippen LogP contribution in [0.5, 0.6) is 11.5 Å². The Bertz CT molecular complexity index is 968. The first-order chi connectivity index (χ1) is 16.6. The SMILES string of the molecule is COc1ccc(CN2CCC3(CCCCNC(=O)c4ccccc4OCCNC3=O)CC2)cc1. The summed E-state index contributed by atoms with van der Waals surface area (Å²) >= 11 is 0. The standard InChI is InChI=1S/C27H35N3O4/c1-33-22-10-8-21(9-11-22)20-30-17-13-27(14-18-30)12-4-5-15-28-25(31)23-6-2-3-7-24(23)34-19-16-29-26(27)32/h2-3,6-11H,4-5,12-20H2,1H3,(H,28,31)(H,29,32). The summed E-state index contributed by atoms with van der Waals surface area (Å²) in [5, 5.41) is 6.12. The van der Waals surface area contributed by atoms with Gasteiger partial charge in [-0.15, -0.1) is 0 Å². The molecule has 1 fully saturated rings. The molecule has 7 heteroatoms. The van der Waals surface area contributed by atoms with Crippen molar-refractivity contribution in [3.8, 4) is 11.5 Å². The number of methoxy groups -OCH3 is 1. The van der Waals surface area contributed by atoms with Gasteiger partial charge in [-0.05, 0) is 68.6 Å². The Hall–Kier alpha value is -3.06. The van der Waals surface area contributed by atoms with E-state index in [9.17, 15) is 9.59 Å². The number of amides is 2. The molecule has 0 aromatic heterocycles. The van der Waals surface area contributed by atoms with Gasteiger partial charge >= 0.3 is 0 Å². The van der Waals surface area contributed by atoms with E-state index in [0.29, 0.717) is 31.0 Å². The van der Waals surface area contributed by atoms with Crippen LogP contribution in [0.3, 0.4) is 0 Å². The molecule has 0 aliphatic carbocycles. The number of fused-ring (bicyclic) bond motifs is 1. The van der Waals surface area contributed by atoms with Crippen LogP contribution in [0.25, 0.3) is 0 Å². The van der Waals surface area contributed by atoms with Gasteiger partial charge in [0.15, 0.2) is 0 Å². The molecule has 0 atom stereocenters. The molecule has 7 nitrogen and oxygen atoms in total. The van der Waals surface area contributed by atoms with Crippen LogP contribution in [0.15, 0.2) is 48.5 Å². The molecule has 0 saturated carbocycles. The molecule has 0 bridgehead atoms. The predicted octanol–water partition coefficient (Wildman–Crippen LogP) is 3.39. The Morgan fingerprint density at radius 3 is 2.47 bits per heavy atom. The Kier molecular flexibility index (Phi) is 8.06. The van der Waals surface area contributed by atoms with Gasteiger partial charge in [0.1, 0.15) is 18.1 Å². The summed E-state index contributed by atoms with van der Waals surface area (Å²) < 4.78 is 11.1. The Labute approximate surface area is 201 Å². The third kappa shape index (κ3) is 5.89. The molecule has 34 heavy (non-hydrogen) atoms. The van der Waals surface area contributed by atoms with E-state index in [1.54, 1.807) is 19.2 Å². The Morgan fingerprint density at radius 1 is 0.941 bits per heavy atom. The monoisotopic (exact) mass is 465 g/mol. The number of ether oxygens (including phenoxy) is 2. The second-order valence-electron chi connectivity index (χ2n) is 9.22. The molecule has 2 aliphatic heterocycles. The minimum atomic E-state index is -0.359. The van der Waals surface area contributed by atoms with Crippen LogP contribution in [0, 0.1) is 5.41 Å². The number of likely N-dealkylation sites (tertiary alicyclic amines) is 1. The van der Waals surface area contributed by atoms with Crippen LogP contribution >= 0.6 is 0 Å². The Balaban J connectivity index is 1.37. The first-order valence-electron chi connectivity index (χ1n) is 12.2. The van der Waals surface area contributed by atoms with Gasteiger partial charge in [0.05, 0.1) is 24.6 Å². The zero-order valence-electron chi connectivity index (χ0n) is 20.0. The van der Waals surface area contributed by atoms with Crippen molar-refractivity contribution >= 4 is 11.8 Å². The highest BCUT2D eigenvalue weighted by Gasteiger charge is 2.40. The maximum Gasteiger partial charge on any atom is 0.255 e. The van der Waals surface area contributed by atoms with E-state index in [4.69, 9.17) is 9.47 Å². The molecular weight excluding hydrogens is 430 g/mol. The lowest BCUT2D eigenvalue weighted by atomic mass is 9.73. The van der Waals surface area contributed by atoms with Gasteiger partial charge in [-0.3, -0.25) is 14.5 Å². The van der Waals surface area contributed by atoms with Crippen LogP contribution < -0.4 is 20.1 Å². The van der Waals surface area contributed by atoms with Gasteiger partial charge in [-0.25, -0.2) is 0 Å². The molecule has 1 saturated heterocycles. The van der Waals surface area contributed by atoms with Gasteiger partial charge in [-0.1, -0.05) is 30.7 Å². The van der Waals surface area contributed by atoms with Crippen molar-refractivity contribution in [1.82, 2.24) is 15.5 Å². The predicted molar refractivity (Wildman–Crippen MR) is 131 cm³/mol. The smallest absolute Gasteiger partial charge is 0.255 e. The fourth-order valence-corrected chi connectivity index (χ4v) is 4.90. The van der Waals surface area contributed by atoms with E-state index in [-0.39, 0.29) is 17.2 Å². The fraction of sp³-hybridized carbons (Fsp3) is 0.481. The van der Waals surface area contributed by atoms with Crippen molar-refractivity contribution in [3.05, 3.63) is 59.7 Å². The molecule has 2 N–H and O–H groups in total. The second kappa shape index (κ2) is 11.4. The van der Waals surface area contributed by atoms with Crippen molar-refractivity contribution in [2.24, 2.45) is 5.41 Å². The van der Waals surface area contributed by atoms with Gasteiger partial charge < -0.3 is 20.1 Å². The number of carbonyl (C=O) groups is 2. The van der Waals surface area contributed by atoms with Gasteiger partial charge in [-0.2, -0.15) is 0 Å². The minimum absolute atomic E-state index is 0.113. The van der Waals surface area contributed by atoms with Gasteiger partial charge in [0.25, 0.3) is 5.91 Å². The third-order valence-corrected chi connectivity index (χ3v) is 7.00. The highest BCUT2D eigenvalue weighted by atomic mass is 16.5. The molecule has 2 aliphatic rings. The van der Waals surface area contributed by atoms with E-state index in [1.165, 1.54) is 5.56 Å². The highest BCUT2D eigenvalue weighted by Crippen LogP contribution is 2.37. The van der Waals surface area contributed by atoms with Crippen molar-refractivity contribution in [2.45, 2.75) is 38.6 Å².